The Labute approximate surface area is 151 Å². The Balaban J connectivity index is 1.81. The van der Waals surface area contributed by atoms with Crippen molar-refractivity contribution in [1.29, 1.82) is 0 Å². The van der Waals surface area contributed by atoms with Crippen LogP contribution in [0.1, 0.15) is 23.1 Å². The van der Waals surface area contributed by atoms with Gasteiger partial charge >= 0.3 is 0 Å². The monoisotopic (exact) mass is 352 g/mol. The summed E-state index contributed by atoms with van der Waals surface area (Å²) in [4.78, 5) is 16.9. The first kappa shape index (κ1) is 17.5. The third kappa shape index (κ3) is 3.83. The minimum Gasteiger partial charge on any atom is -0.493 e. The van der Waals surface area contributed by atoms with Crippen LogP contribution in [0.4, 0.5) is 5.69 Å². The van der Waals surface area contributed by atoms with Gasteiger partial charge in [-0.3, -0.25) is 9.89 Å². The van der Waals surface area contributed by atoms with Crippen LogP contribution >= 0.6 is 0 Å². The average molecular weight is 352 g/mol. The van der Waals surface area contributed by atoms with Crippen LogP contribution in [-0.4, -0.2) is 34.8 Å². The number of hydrogen-bond acceptors (Lipinski definition) is 5. The van der Waals surface area contributed by atoms with E-state index in [9.17, 15) is 4.79 Å². The summed E-state index contributed by atoms with van der Waals surface area (Å²) in [6.07, 6.45) is 0. The Hall–Kier alpha value is -3.35. The number of carbonyl (C=O) groups excluding carboxylic acids is 1. The SMILES string of the molecule is CCOc1cc(C(=O)Nc2cccc(-c3n[nH]c(C)n3)c2)ccc1OC. The maximum atomic E-state index is 12.6. The van der Waals surface area contributed by atoms with Gasteiger partial charge in [0.15, 0.2) is 17.3 Å². The van der Waals surface area contributed by atoms with Crippen LogP contribution in [0.2, 0.25) is 0 Å². The molecule has 0 unspecified atom stereocenters. The van der Waals surface area contributed by atoms with Crippen molar-refractivity contribution >= 4 is 11.6 Å². The molecule has 2 N–H and O–H groups in total. The molecule has 0 aliphatic carbocycles. The molecule has 0 saturated carbocycles. The van der Waals surface area contributed by atoms with Crippen molar-refractivity contribution in [3.05, 3.63) is 53.9 Å². The van der Waals surface area contributed by atoms with Crippen molar-refractivity contribution in [1.82, 2.24) is 15.2 Å². The fourth-order valence-electron chi connectivity index (χ4n) is 2.50. The highest BCUT2D eigenvalue weighted by atomic mass is 16.5. The van der Waals surface area contributed by atoms with Crippen LogP contribution in [-0.2, 0) is 0 Å². The first-order valence-corrected chi connectivity index (χ1v) is 8.22. The van der Waals surface area contributed by atoms with E-state index in [-0.39, 0.29) is 5.91 Å². The highest BCUT2D eigenvalue weighted by molar-refractivity contribution is 6.04. The highest BCUT2D eigenvalue weighted by Crippen LogP contribution is 2.28. The van der Waals surface area contributed by atoms with Crippen molar-refractivity contribution in [3.8, 4) is 22.9 Å². The summed E-state index contributed by atoms with van der Waals surface area (Å²) in [7, 11) is 1.56. The van der Waals surface area contributed by atoms with Gasteiger partial charge in [-0.15, -0.1) is 0 Å². The van der Waals surface area contributed by atoms with Gasteiger partial charge in [-0.25, -0.2) is 4.98 Å². The first-order valence-electron chi connectivity index (χ1n) is 8.22. The van der Waals surface area contributed by atoms with E-state index >= 15 is 0 Å². The van der Waals surface area contributed by atoms with E-state index in [1.54, 1.807) is 25.3 Å². The van der Waals surface area contributed by atoms with E-state index in [4.69, 9.17) is 9.47 Å². The summed E-state index contributed by atoms with van der Waals surface area (Å²) in [5.74, 6) is 2.20. The second kappa shape index (κ2) is 7.69. The summed E-state index contributed by atoms with van der Waals surface area (Å²) < 4.78 is 10.8. The lowest BCUT2D eigenvalue weighted by Gasteiger charge is -2.11. The minimum absolute atomic E-state index is 0.239. The van der Waals surface area contributed by atoms with Crippen LogP contribution < -0.4 is 14.8 Å². The quantitative estimate of drug-likeness (QED) is 0.709. The van der Waals surface area contributed by atoms with E-state index in [0.717, 1.165) is 11.4 Å². The normalized spacial score (nSPS) is 10.4. The maximum Gasteiger partial charge on any atom is 0.255 e. The second-order valence-corrected chi connectivity index (χ2v) is 5.58. The van der Waals surface area contributed by atoms with Crippen molar-refractivity contribution < 1.29 is 14.3 Å². The van der Waals surface area contributed by atoms with Crippen LogP contribution in [0.5, 0.6) is 11.5 Å². The van der Waals surface area contributed by atoms with E-state index in [0.29, 0.717) is 35.2 Å². The number of aromatic nitrogens is 3. The number of hydrogen-bond donors (Lipinski definition) is 2. The predicted molar refractivity (Wildman–Crippen MR) is 98.7 cm³/mol. The first-order chi connectivity index (χ1) is 12.6. The Kier molecular flexibility index (Phi) is 5.17. The molecule has 2 aromatic carbocycles. The number of nitrogens with one attached hydrogen (secondary N) is 2. The number of ether oxygens (including phenoxy) is 2. The molecule has 26 heavy (non-hydrogen) atoms. The molecule has 0 spiro atoms. The fourth-order valence-corrected chi connectivity index (χ4v) is 2.50. The molecule has 1 amide bonds. The summed E-state index contributed by atoms with van der Waals surface area (Å²) in [6.45, 7) is 4.20. The molecule has 0 aliphatic rings. The average Bonchev–Trinajstić information content (AvgIpc) is 3.08. The molecular formula is C19H20N4O3. The number of anilines is 1. The Morgan fingerprint density at radius 3 is 2.73 bits per heavy atom. The Morgan fingerprint density at radius 1 is 1.19 bits per heavy atom. The minimum atomic E-state index is -0.239. The molecule has 0 saturated heterocycles. The number of amides is 1. The van der Waals surface area contributed by atoms with Gasteiger partial charge in [0.05, 0.1) is 13.7 Å². The molecule has 0 atom stereocenters. The van der Waals surface area contributed by atoms with Crippen LogP contribution in [0.3, 0.4) is 0 Å². The number of H-pyrrole nitrogens is 1. The molecule has 3 aromatic rings. The second-order valence-electron chi connectivity index (χ2n) is 5.58. The van der Waals surface area contributed by atoms with Crippen molar-refractivity contribution in [3.63, 3.8) is 0 Å². The van der Waals surface area contributed by atoms with Gasteiger partial charge in [0, 0.05) is 16.8 Å². The number of nitrogens with zero attached hydrogens (tertiary/aromatic N) is 2. The van der Waals surface area contributed by atoms with Crippen LogP contribution in [0, 0.1) is 6.92 Å². The zero-order chi connectivity index (χ0) is 18.5. The summed E-state index contributed by atoms with van der Waals surface area (Å²) in [5.41, 5.74) is 1.95. The number of carbonyl (C=O) groups is 1. The molecule has 1 heterocycles. The number of methoxy groups -OCH3 is 1. The number of rotatable bonds is 6. The van der Waals surface area contributed by atoms with Gasteiger partial charge in [-0.05, 0) is 44.2 Å². The van der Waals surface area contributed by atoms with E-state index in [1.807, 2.05) is 38.1 Å². The van der Waals surface area contributed by atoms with Gasteiger partial charge < -0.3 is 14.8 Å². The summed E-state index contributed by atoms with van der Waals surface area (Å²) in [5, 5.41) is 9.83. The van der Waals surface area contributed by atoms with Gasteiger partial charge in [0.25, 0.3) is 5.91 Å². The molecule has 134 valence electrons. The van der Waals surface area contributed by atoms with Crippen molar-refractivity contribution in [2.45, 2.75) is 13.8 Å². The molecule has 0 aliphatic heterocycles. The summed E-state index contributed by atoms with van der Waals surface area (Å²) >= 11 is 0. The topological polar surface area (TPSA) is 89.1 Å². The summed E-state index contributed by atoms with van der Waals surface area (Å²) in [6, 6.07) is 12.4. The van der Waals surface area contributed by atoms with Gasteiger partial charge in [-0.1, -0.05) is 12.1 Å². The molecule has 1 aromatic heterocycles. The predicted octanol–water partition coefficient (Wildman–Crippen LogP) is 3.44. The smallest absolute Gasteiger partial charge is 0.255 e. The highest BCUT2D eigenvalue weighted by Gasteiger charge is 2.12. The third-order valence-corrected chi connectivity index (χ3v) is 3.70. The molecule has 0 fully saturated rings. The lowest BCUT2D eigenvalue weighted by atomic mass is 10.1. The Morgan fingerprint density at radius 2 is 2.04 bits per heavy atom. The number of aromatic amines is 1. The standard InChI is InChI=1S/C19H20N4O3/c1-4-26-17-11-14(8-9-16(17)25-3)19(24)21-15-7-5-6-13(10-15)18-20-12(2)22-23-18/h5-11H,4H2,1-3H3,(H,21,24)(H,20,22,23). The van der Waals surface area contributed by atoms with Gasteiger partial charge in [0.1, 0.15) is 5.82 Å². The maximum absolute atomic E-state index is 12.6. The van der Waals surface area contributed by atoms with Crippen LogP contribution in [0.15, 0.2) is 42.5 Å². The zero-order valence-corrected chi connectivity index (χ0v) is 14.9. The van der Waals surface area contributed by atoms with E-state index in [1.165, 1.54) is 0 Å². The lowest BCUT2D eigenvalue weighted by Crippen LogP contribution is -2.12. The lowest BCUT2D eigenvalue weighted by molar-refractivity contribution is 0.102. The Bertz CT molecular complexity index is 921. The van der Waals surface area contributed by atoms with Gasteiger partial charge in [-0.2, -0.15) is 5.10 Å². The van der Waals surface area contributed by atoms with Crippen molar-refractivity contribution in [2.75, 3.05) is 19.0 Å². The molecular weight excluding hydrogens is 332 g/mol. The molecule has 0 radical (unpaired) electrons. The third-order valence-electron chi connectivity index (χ3n) is 3.70. The fraction of sp³-hybridized carbons (Fsp3) is 0.211. The van der Waals surface area contributed by atoms with Crippen molar-refractivity contribution in [2.24, 2.45) is 0 Å². The van der Waals surface area contributed by atoms with Crippen LogP contribution in [0.25, 0.3) is 11.4 Å². The molecule has 7 heteroatoms. The zero-order valence-electron chi connectivity index (χ0n) is 14.9. The van der Waals surface area contributed by atoms with Gasteiger partial charge in [0.2, 0.25) is 0 Å². The number of aryl methyl sites for hydroxylation is 1. The molecule has 7 nitrogen and oxygen atoms in total. The molecule has 0 bridgehead atoms. The molecule has 3 rings (SSSR count). The van der Waals surface area contributed by atoms with E-state index < -0.39 is 0 Å². The largest absolute Gasteiger partial charge is 0.493 e. The van der Waals surface area contributed by atoms with E-state index in [2.05, 4.69) is 20.5 Å². The number of benzene rings is 2.